The van der Waals surface area contributed by atoms with Gasteiger partial charge in [0, 0.05) is 6.04 Å². The van der Waals surface area contributed by atoms with Crippen molar-refractivity contribution in [2.45, 2.75) is 52.3 Å². The quantitative estimate of drug-likeness (QED) is 0.801. The first kappa shape index (κ1) is 18.2. The molecule has 0 aliphatic heterocycles. The van der Waals surface area contributed by atoms with Gasteiger partial charge < -0.3 is 5.32 Å². The molecule has 0 saturated heterocycles. The second-order valence-electron chi connectivity index (χ2n) is 6.33. The molecule has 0 radical (unpaired) electrons. The standard InChI is InChI=1S/C17H29NO2S/c1-6-18-17(12-21(19,20)14(4)5)16-9-7-15(8-10-16)11-13(2)3/h7-10,13-14,17-18H,6,11-12H2,1-5H3. The minimum Gasteiger partial charge on any atom is -0.309 e. The SMILES string of the molecule is CCNC(CS(=O)(=O)C(C)C)c1ccc(CC(C)C)cc1. The van der Waals surface area contributed by atoms with Crippen molar-refractivity contribution in [1.82, 2.24) is 5.32 Å². The smallest absolute Gasteiger partial charge is 0.154 e. The maximum atomic E-state index is 12.2. The summed E-state index contributed by atoms with van der Waals surface area (Å²) >= 11 is 0. The lowest BCUT2D eigenvalue weighted by Crippen LogP contribution is -2.31. The van der Waals surface area contributed by atoms with Gasteiger partial charge >= 0.3 is 0 Å². The Labute approximate surface area is 130 Å². The molecule has 0 saturated carbocycles. The number of benzene rings is 1. The van der Waals surface area contributed by atoms with E-state index in [2.05, 4.69) is 43.4 Å². The van der Waals surface area contributed by atoms with Gasteiger partial charge in [-0.15, -0.1) is 0 Å². The van der Waals surface area contributed by atoms with Crippen molar-refractivity contribution < 1.29 is 8.42 Å². The van der Waals surface area contributed by atoms with E-state index in [4.69, 9.17) is 0 Å². The molecule has 3 nitrogen and oxygen atoms in total. The molecule has 1 rings (SSSR count). The van der Waals surface area contributed by atoms with Crippen LogP contribution in [-0.4, -0.2) is 26.0 Å². The molecule has 120 valence electrons. The largest absolute Gasteiger partial charge is 0.309 e. The Balaban J connectivity index is 2.90. The maximum absolute atomic E-state index is 12.2. The Hall–Kier alpha value is -0.870. The molecule has 1 aromatic carbocycles. The predicted octanol–water partition coefficient (Wildman–Crippen LogP) is 3.36. The molecule has 0 fully saturated rings. The second kappa shape index (κ2) is 7.95. The second-order valence-corrected chi connectivity index (χ2v) is 8.93. The topological polar surface area (TPSA) is 46.2 Å². The number of hydrogen-bond acceptors (Lipinski definition) is 3. The van der Waals surface area contributed by atoms with Gasteiger partial charge in [0.15, 0.2) is 9.84 Å². The molecule has 21 heavy (non-hydrogen) atoms. The van der Waals surface area contributed by atoms with E-state index in [-0.39, 0.29) is 17.0 Å². The van der Waals surface area contributed by atoms with Crippen LogP contribution in [0.4, 0.5) is 0 Å². The Morgan fingerprint density at radius 3 is 2.05 bits per heavy atom. The zero-order valence-electron chi connectivity index (χ0n) is 13.9. The van der Waals surface area contributed by atoms with Crippen LogP contribution in [0.2, 0.25) is 0 Å². The van der Waals surface area contributed by atoms with Crippen molar-refractivity contribution in [2.24, 2.45) is 5.92 Å². The van der Waals surface area contributed by atoms with Crippen LogP contribution in [0.15, 0.2) is 24.3 Å². The average Bonchev–Trinajstić information content (AvgIpc) is 2.38. The number of hydrogen-bond donors (Lipinski definition) is 1. The van der Waals surface area contributed by atoms with Crippen LogP contribution in [0.25, 0.3) is 0 Å². The van der Waals surface area contributed by atoms with Crippen molar-refractivity contribution in [2.75, 3.05) is 12.3 Å². The Morgan fingerprint density at radius 2 is 1.62 bits per heavy atom. The maximum Gasteiger partial charge on any atom is 0.154 e. The fourth-order valence-electron chi connectivity index (χ4n) is 2.30. The molecule has 0 spiro atoms. The van der Waals surface area contributed by atoms with E-state index in [1.165, 1.54) is 5.56 Å². The van der Waals surface area contributed by atoms with Crippen LogP contribution in [-0.2, 0) is 16.3 Å². The third-order valence-electron chi connectivity index (χ3n) is 3.59. The van der Waals surface area contributed by atoms with E-state index in [9.17, 15) is 8.42 Å². The highest BCUT2D eigenvalue weighted by Crippen LogP contribution is 2.19. The molecule has 0 aromatic heterocycles. The molecular formula is C17H29NO2S. The van der Waals surface area contributed by atoms with Crippen LogP contribution < -0.4 is 5.32 Å². The molecule has 0 aliphatic carbocycles. The fourth-order valence-corrected chi connectivity index (χ4v) is 3.46. The van der Waals surface area contributed by atoms with Crippen LogP contribution in [0.1, 0.15) is 51.8 Å². The first-order chi connectivity index (χ1) is 9.76. The number of sulfone groups is 1. The molecule has 0 amide bonds. The minimum absolute atomic E-state index is 0.129. The summed E-state index contributed by atoms with van der Waals surface area (Å²) in [4.78, 5) is 0. The van der Waals surface area contributed by atoms with Crippen LogP contribution in [0, 0.1) is 5.92 Å². The summed E-state index contributed by atoms with van der Waals surface area (Å²) in [7, 11) is -3.06. The molecule has 0 heterocycles. The van der Waals surface area contributed by atoms with E-state index >= 15 is 0 Å². The van der Waals surface area contributed by atoms with Crippen LogP contribution >= 0.6 is 0 Å². The Morgan fingerprint density at radius 1 is 1.05 bits per heavy atom. The molecule has 1 N–H and O–H groups in total. The van der Waals surface area contributed by atoms with Crippen molar-refractivity contribution in [3.05, 3.63) is 35.4 Å². The highest BCUT2D eigenvalue weighted by Gasteiger charge is 2.23. The van der Waals surface area contributed by atoms with Gasteiger partial charge in [-0.25, -0.2) is 8.42 Å². The van der Waals surface area contributed by atoms with Crippen LogP contribution in [0.5, 0.6) is 0 Å². The highest BCUT2D eigenvalue weighted by molar-refractivity contribution is 7.92. The summed E-state index contributed by atoms with van der Waals surface area (Å²) < 4.78 is 24.3. The van der Waals surface area contributed by atoms with Gasteiger partial charge in [0.1, 0.15) is 0 Å². The van der Waals surface area contributed by atoms with Crippen molar-refractivity contribution in [1.29, 1.82) is 0 Å². The lowest BCUT2D eigenvalue weighted by molar-refractivity contribution is 0.553. The summed E-state index contributed by atoms with van der Waals surface area (Å²) in [6.45, 7) is 10.6. The summed E-state index contributed by atoms with van der Waals surface area (Å²) in [5.74, 6) is 0.781. The van der Waals surface area contributed by atoms with Gasteiger partial charge in [0.2, 0.25) is 0 Å². The average molecular weight is 311 g/mol. The van der Waals surface area contributed by atoms with Gasteiger partial charge in [-0.05, 0) is 43.9 Å². The Kier molecular flexibility index (Phi) is 6.88. The third kappa shape index (κ3) is 5.79. The molecule has 0 bridgehead atoms. The molecule has 4 heteroatoms. The lowest BCUT2D eigenvalue weighted by atomic mass is 10.00. The third-order valence-corrected chi connectivity index (χ3v) is 5.83. The number of nitrogens with one attached hydrogen (secondary N) is 1. The summed E-state index contributed by atoms with van der Waals surface area (Å²) in [6, 6.07) is 8.21. The van der Waals surface area contributed by atoms with Crippen molar-refractivity contribution >= 4 is 9.84 Å². The van der Waals surface area contributed by atoms with Gasteiger partial charge in [-0.3, -0.25) is 0 Å². The molecule has 1 unspecified atom stereocenters. The zero-order chi connectivity index (χ0) is 16.0. The molecule has 1 aromatic rings. The van der Waals surface area contributed by atoms with E-state index in [1.54, 1.807) is 13.8 Å². The first-order valence-corrected chi connectivity index (χ1v) is 9.51. The summed E-state index contributed by atoms with van der Waals surface area (Å²) in [6.07, 6.45) is 1.05. The van der Waals surface area contributed by atoms with Crippen molar-refractivity contribution in [3.63, 3.8) is 0 Å². The van der Waals surface area contributed by atoms with E-state index in [0.29, 0.717) is 5.92 Å². The van der Waals surface area contributed by atoms with E-state index in [0.717, 1.165) is 18.5 Å². The predicted molar refractivity (Wildman–Crippen MR) is 90.3 cm³/mol. The van der Waals surface area contributed by atoms with Gasteiger partial charge in [-0.2, -0.15) is 0 Å². The summed E-state index contributed by atoms with van der Waals surface area (Å²) in [5, 5.41) is 2.96. The highest BCUT2D eigenvalue weighted by atomic mass is 32.2. The van der Waals surface area contributed by atoms with E-state index in [1.807, 2.05) is 6.92 Å². The zero-order valence-corrected chi connectivity index (χ0v) is 14.7. The molecule has 0 aliphatic rings. The van der Waals surface area contributed by atoms with E-state index < -0.39 is 9.84 Å². The number of rotatable bonds is 8. The minimum atomic E-state index is -3.06. The van der Waals surface area contributed by atoms with Crippen LogP contribution in [0.3, 0.4) is 0 Å². The van der Waals surface area contributed by atoms with Gasteiger partial charge in [0.25, 0.3) is 0 Å². The summed E-state index contributed by atoms with van der Waals surface area (Å²) in [5.41, 5.74) is 2.35. The fraction of sp³-hybridized carbons (Fsp3) is 0.647. The normalized spacial score (nSPS) is 13.9. The van der Waals surface area contributed by atoms with Crippen molar-refractivity contribution in [3.8, 4) is 0 Å². The lowest BCUT2D eigenvalue weighted by Gasteiger charge is -2.20. The van der Waals surface area contributed by atoms with Gasteiger partial charge in [-0.1, -0.05) is 45.0 Å². The molecule has 1 atom stereocenters. The first-order valence-electron chi connectivity index (χ1n) is 7.80. The van der Waals surface area contributed by atoms with Gasteiger partial charge in [0.05, 0.1) is 11.0 Å². The molecular weight excluding hydrogens is 282 g/mol. The monoisotopic (exact) mass is 311 g/mol. The Bertz CT molecular complexity index is 518.